The molecular formula is C17H21N3O. The molecule has 0 spiro atoms. The molecule has 2 heterocycles. The van der Waals surface area contributed by atoms with Crippen molar-refractivity contribution in [2.75, 3.05) is 11.9 Å². The third-order valence-electron chi connectivity index (χ3n) is 5.07. The standard InChI is InChI=1S/C17H21N3O/c1-17(2)15(14-6-9-21-16(14)17)19-12-4-3-5-13(10-12)20-8-7-18-11-20/h3-5,7-8,10-11,14-16,19H,6,9H2,1-2H3. The molecule has 1 saturated heterocycles. The minimum absolute atomic E-state index is 0.201. The fraction of sp³-hybridized carbons (Fsp3) is 0.471. The van der Waals surface area contributed by atoms with Crippen molar-refractivity contribution in [3.8, 4) is 5.69 Å². The molecule has 1 aliphatic heterocycles. The monoisotopic (exact) mass is 283 g/mol. The maximum Gasteiger partial charge on any atom is 0.0991 e. The van der Waals surface area contributed by atoms with E-state index in [1.807, 2.05) is 17.1 Å². The molecule has 1 aromatic carbocycles. The zero-order valence-corrected chi connectivity index (χ0v) is 12.5. The number of benzene rings is 1. The van der Waals surface area contributed by atoms with Crippen LogP contribution in [0.25, 0.3) is 5.69 Å². The Bertz CT molecular complexity index is 635. The van der Waals surface area contributed by atoms with Gasteiger partial charge in [-0.2, -0.15) is 0 Å². The Balaban J connectivity index is 1.56. The van der Waals surface area contributed by atoms with Gasteiger partial charge in [0.2, 0.25) is 0 Å². The van der Waals surface area contributed by atoms with E-state index in [1.165, 1.54) is 12.1 Å². The number of nitrogens with zero attached hydrogens (tertiary/aromatic N) is 2. The second kappa shape index (κ2) is 4.60. The molecule has 1 N–H and O–H groups in total. The second-order valence-corrected chi connectivity index (χ2v) is 6.71. The highest BCUT2D eigenvalue weighted by Gasteiger charge is 2.59. The van der Waals surface area contributed by atoms with Crippen LogP contribution in [0.3, 0.4) is 0 Å². The quantitative estimate of drug-likeness (QED) is 0.941. The van der Waals surface area contributed by atoms with Crippen molar-refractivity contribution in [2.45, 2.75) is 32.4 Å². The van der Waals surface area contributed by atoms with E-state index in [-0.39, 0.29) is 5.41 Å². The van der Waals surface area contributed by atoms with E-state index >= 15 is 0 Å². The van der Waals surface area contributed by atoms with Gasteiger partial charge in [-0.05, 0) is 24.6 Å². The van der Waals surface area contributed by atoms with Crippen LogP contribution < -0.4 is 5.32 Å². The summed E-state index contributed by atoms with van der Waals surface area (Å²) in [5.74, 6) is 0.650. The number of hydrogen-bond acceptors (Lipinski definition) is 3. The van der Waals surface area contributed by atoms with Crippen LogP contribution in [0.1, 0.15) is 20.3 Å². The smallest absolute Gasteiger partial charge is 0.0991 e. The van der Waals surface area contributed by atoms with Crippen LogP contribution in [-0.4, -0.2) is 28.3 Å². The van der Waals surface area contributed by atoms with Gasteiger partial charge in [-0.15, -0.1) is 0 Å². The predicted molar refractivity (Wildman–Crippen MR) is 82.6 cm³/mol. The van der Waals surface area contributed by atoms with E-state index in [0.29, 0.717) is 18.1 Å². The van der Waals surface area contributed by atoms with Crippen molar-refractivity contribution in [3.05, 3.63) is 43.0 Å². The summed E-state index contributed by atoms with van der Waals surface area (Å²) in [5.41, 5.74) is 2.50. The molecule has 0 amide bonds. The number of aromatic nitrogens is 2. The number of fused-ring (bicyclic) bond motifs is 1. The van der Waals surface area contributed by atoms with Crippen LogP contribution in [0.2, 0.25) is 0 Å². The molecule has 21 heavy (non-hydrogen) atoms. The van der Waals surface area contributed by atoms with Gasteiger partial charge in [0.15, 0.2) is 0 Å². The Labute approximate surface area is 125 Å². The van der Waals surface area contributed by atoms with Gasteiger partial charge in [0, 0.05) is 47.8 Å². The molecule has 4 heteroatoms. The van der Waals surface area contributed by atoms with Gasteiger partial charge in [0.25, 0.3) is 0 Å². The number of ether oxygens (including phenoxy) is 1. The fourth-order valence-electron chi connectivity index (χ4n) is 3.96. The van der Waals surface area contributed by atoms with Gasteiger partial charge in [0.1, 0.15) is 0 Å². The normalized spacial score (nSPS) is 29.7. The third kappa shape index (κ3) is 1.97. The molecule has 3 atom stereocenters. The largest absolute Gasteiger partial charge is 0.381 e. The first-order valence-corrected chi connectivity index (χ1v) is 7.63. The van der Waals surface area contributed by atoms with Crippen molar-refractivity contribution >= 4 is 5.69 Å². The lowest BCUT2D eigenvalue weighted by atomic mass is 9.57. The van der Waals surface area contributed by atoms with E-state index < -0.39 is 0 Å². The van der Waals surface area contributed by atoms with E-state index in [1.54, 1.807) is 6.20 Å². The molecule has 2 aromatic rings. The number of nitrogens with one attached hydrogen (secondary N) is 1. The fourth-order valence-corrected chi connectivity index (χ4v) is 3.96. The summed E-state index contributed by atoms with van der Waals surface area (Å²) in [6.07, 6.45) is 7.19. The van der Waals surface area contributed by atoms with Crippen LogP contribution in [0.15, 0.2) is 43.0 Å². The Morgan fingerprint density at radius 2 is 2.29 bits per heavy atom. The summed E-state index contributed by atoms with van der Waals surface area (Å²) in [6, 6.07) is 9.00. The summed E-state index contributed by atoms with van der Waals surface area (Å²) >= 11 is 0. The van der Waals surface area contributed by atoms with Crippen molar-refractivity contribution in [3.63, 3.8) is 0 Å². The highest BCUT2D eigenvalue weighted by atomic mass is 16.5. The molecule has 0 bridgehead atoms. The van der Waals surface area contributed by atoms with E-state index in [4.69, 9.17) is 4.74 Å². The van der Waals surface area contributed by atoms with Crippen LogP contribution in [0.4, 0.5) is 5.69 Å². The Kier molecular flexibility index (Phi) is 2.82. The molecule has 3 unspecified atom stereocenters. The maximum absolute atomic E-state index is 5.87. The van der Waals surface area contributed by atoms with Crippen molar-refractivity contribution < 1.29 is 4.74 Å². The molecule has 110 valence electrons. The molecule has 4 nitrogen and oxygen atoms in total. The predicted octanol–water partition coefficient (Wildman–Crippen LogP) is 3.10. The molecule has 1 aliphatic carbocycles. The van der Waals surface area contributed by atoms with Crippen molar-refractivity contribution in [1.82, 2.24) is 9.55 Å². The summed E-state index contributed by atoms with van der Waals surface area (Å²) in [4.78, 5) is 4.11. The molecule has 4 rings (SSSR count). The number of imidazole rings is 1. The van der Waals surface area contributed by atoms with Gasteiger partial charge in [0.05, 0.1) is 12.4 Å². The summed E-state index contributed by atoms with van der Waals surface area (Å²) in [6.45, 7) is 5.51. The number of hydrogen-bond donors (Lipinski definition) is 1. The van der Waals surface area contributed by atoms with Crippen LogP contribution in [0, 0.1) is 11.3 Å². The zero-order chi connectivity index (χ0) is 14.4. The first kappa shape index (κ1) is 12.9. The van der Waals surface area contributed by atoms with Gasteiger partial charge in [-0.3, -0.25) is 0 Å². The van der Waals surface area contributed by atoms with E-state index in [9.17, 15) is 0 Å². The maximum atomic E-state index is 5.87. The van der Waals surface area contributed by atoms with Crippen LogP contribution in [0.5, 0.6) is 0 Å². The summed E-state index contributed by atoms with van der Waals surface area (Å²) in [5, 5.41) is 3.73. The minimum atomic E-state index is 0.201. The summed E-state index contributed by atoms with van der Waals surface area (Å²) < 4.78 is 7.89. The minimum Gasteiger partial charge on any atom is -0.381 e. The SMILES string of the molecule is CC1(C)C(Nc2cccc(-n3ccnc3)c2)C2CCOC21. The van der Waals surface area contributed by atoms with Gasteiger partial charge in [-0.25, -0.2) is 4.98 Å². The molecular weight excluding hydrogens is 262 g/mol. The molecule has 2 fully saturated rings. The van der Waals surface area contributed by atoms with Gasteiger partial charge < -0.3 is 14.6 Å². The van der Waals surface area contributed by atoms with Crippen molar-refractivity contribution in [1.29, 1.82) is 0 Å². The average molecular weight is 283 g/mol. The lowest BCUT2D eigenvalue weighted by Crippen LogP contribution is -2.63. The lowest BCUT2D eigenvalue weighted by Gasteiger charge is -2.55. The topological polar surface area (TPSA) is 39.1 Å². The van der Waals surface area contributed by atoms with Gasteiger partial charge >= 0.3 is 0 Å². The first-order chi connectivity index (χ1) is 10.2. The van der Waals surface area contributed by atoms with E-state index in [0.717, 1.165) is 12.3 Å². The highest BCUT2D eigenvalue weighted by molar-refractivity contribution is 5.52. The Morgan fingerprint density at radius 1 is 1.38 bits per heavy atom. The highest BCUT2D eigenvalue weighted by Crippen LogP contribution is 2.53. The molecule has 2 aliphatic rings. The lowest BCUT2D eigenvalue weighted by molar-refractivity contribution is -0.0923. The Hall–Kier alpha value is -1.81. The Morgan fingerprint density at radius 3 is 3.10 bits per heavy atom. The number of rotatable bonds is 3. The average Bonchev–Trinajstić information content (AvgIpc) is 3.15. The van der Waals surface area contributed by atoms with E-state index in [2.05, 4.69) is 48.4 Å². The number of anilines is 1. The molecule has 1 saturated carbocycles. The first-order valence-electron chi connectivity index (χ1n) is 7.63. The second-order valence-electron chi connectivity index (χ2n) is 6.71. The van der Waals surface area contributed by atoms with Gasteiger partial charge in [-0.1, -0.05) is 19.9 Å². The molecule has 1 aromatic heterocycles. The third-order valence-corrected chi connectivity index (χ3v) is 5.07. The summed E-state index contributed by atoms with van der Waals surface area (Å²) in [7, 11) is 0. The van der Waals surface area contributed by atoms with Crippen LogP contribution >= 0.6 is 0 Å². The zero-order valence-electron chi connectivity index (χ0n) is 12.5. The van der Waals surface area contributed by atoms with Crippen LogP contribution in [-0.2, 0) is 4.74 Å². The van der Waals surface area contributed by atoms with Crippen molar-refractivity contribution in [2.24, 2.45) is 11.3 Å². The molecule has 0 radical (unpaired) electrons.